The molecule has 1 saturated carbocycles. The van der Waals surface area contributed by atoms with Gasteiger partial charge in [-0.15, -0.1) is 0 Å². The number of aromatic nitrogens is 3. The molecule has 0 bridgehead atoms. The van der Waals surface area contributed by atoms with Crippen LogP contribution in [-0.4, -0.2) is 40.1 Å². The number of hydrogen-bond donors (Lipinski definition) is 3. The fourth-order valence-electron chi connectivity index (χ4n) is 6.16. The number of benzene rings is 2. The van der Waals surface area contributed by atoms with Crippen molar-refractivity contribution >= 4 is 22.8 Å². The van der Waals surface area contributed by atoms with E-state index in [1.54, 1.807) is 19.6 Å². The number of aromatic amines is 1. The van der Waals surface area contributed by atoms with Crippen molar-refractivity contribution in [2.75, 3.05) is 19.0 Å². The van der Waals surface area contributed by atoms with Crippen molar-refractivity contribution in [2.45, 2.75) is 56.4 Å². The minimum Gasteiger partial charge on any atom is -0.495 e. The lowest BCUT2D eigenvalue weighted by molar-refractivity contribution is -0.125. The zero-order valence-corrected chi connectivity index (χ0v) is 24.2. The van der Waals surface area contributed by atoms with E-state index in [2.05, 4.69) is 26.7 Å². The van der Waals surface area contributed by atoms with E-state index in [0.29, 0.717) is 24.7 Å². The summed E-state index contributed by atoms with van der Waals surface area (Å²) in [6.07, 6.45) is 11.1. The fraction of sp³-hybridized carbons (Fsp3) is 0.324. The maximum atomic E-state index is 14.2. The van der Waals surface area contributed by atoms with Crippen molar-refractivity contribution in [1.82, 2.24) is 20.3 Å². The zero-order chi connectivity index (χ0) is 29.0. The van der Waals surface area contributed by atoms with E-state index in [0.717, 1.165) is 59.2 Å². The Hall–Kier alpha value is -4.59. The molecule has 8 heteroatoms. The van der Waals surface area contributed by atoms with Crippen molar-refractivity contribution in [1.29, 1.82) is 0 Å². The molecule has 8 nitrogen and oxygen atoms in total. The fourth-order valence-corrected chi connectivity index (χ4v) is 6.16. The molecule has 1 aliphatic carbocycles. The van der Waals surface area contributed by atoms with Crippen LogP contribution in [0.4, 0.5) is 6.01 Å². The molecular weight excluding hydrogens is 526 g/mol. The molecule has 5 aromatic rings. The lowest BCUT2D eigenvalue weighted by Crippen LogP contribution is -2.55. The van der Waals surface area contributed by atoms with E-state index in [1.807, 2.05) is 73.8 Å². The minimum absolute atomic E-state index is 0.120. The summed E-state index contributed by atoms with van der Waals surface area (Å²) in [5, 5.41) is 7.78. The van der Waals surface area contributed by atoms with Crippen molar-refractivity contribution in [3.63, 3.8) is 0 Å². The lowest BCUT2D eigenvalue weighted by Gasteiger charge is -2.38. The highest BCUT2D eigenvalue weighted by Gasteiger charge is 2.40. The SMILES string of the molecule is COc1ccc(C2(CNC(=O)[C@](C)(Cc3c[nH]c4ccccc34)Nc3nc(-c4ccccc4)co3)CCCCC2)nc1. The Morgan fingerprint density at radius 3 is 2.60 bits per heavy atom. The number of oxazole rings is 1. The van der Waals surface area contributed by atoms with Gasteiger partial charge in [0.1, 0.15) is 23.2 Å². The van der Waals surface area contributed by atoms with Crippen molar-refractivity contribution in [3.05, 3.63) is 96.6 Å². The third-order valence-corrected chi connectivity index (χ3v) is 8.59. The van der Waals surface area contributed by atoms with Crippen LogP contribution < -0.4 is 15.4 Å². The Morgan fingerprint density at radius 2 is 1.83 bits per heavy atom. The van der Waals surface area contributed by atoms with Gasteiger partial charge in [-0.25, -0.2) is 0 Å². The molecule has 3 aromatic heterocycles. The maximum Gasteiger partial charge on any atom is 0.295 e. The van der Waals surface area contributed by atoms with Gasteiger partial charge in [0.15, 0.2) is 0 Å². The Labute approximate surface area is 245 Å². The highest BCUT2D eigenvalue weighted by molar-refractivity contribution is 5.91. The summed E-state index contributed by atoms with van der Waals surface area (Å²) in [6, 6.07) is 22.3. The minimum atomic E-state index is -1.05. The van der Waals surface area contributed by atoms with Crippen LogP contribution >= 0.6 is 0 Å². The van der Waals surface area contributed by atoms with Gasteiger partial charge in [-0.1, -0.05) is 67.8 Å². The van der Waals surface area contributed by atoms with E-state index in [9.17, 15) is 4.79 Å². The van der Waals surface area contributed by atoms with Crippen LogP contribution in [0.25, 0.3) is 22.2 Å². The molecule has 0 saturated heterocycles. The number of fused-ring (bicyclic) bond motifs is 1. The lowest BCUT2D eigenvalue weighted by atomic mass is 9.71. The van der Waals surface area contributed by atoms with E-state index >= 15 is 0 Å². The number of pyridine rings is 1. The average Bonchev–Trinajstić information content (AvgIpc) is 3.68. The Kier molecular flexibility index (Phi) is 7.69. The number of H-pyrrole nitrogens is 1. The number of hydrogen-bond acceptors (Lipinski definition) is 6. The topological polar surface area (TPSA) is 105 Å². The van der Waals surface area contributed by atoms with E-state index < -0.39 is 5.54 Å². The standard InChI is InChI=1S/C34H37N5O3/c1-33(19-25-20-35-28-14-8-7-13-27(25)28,39-32-38-29(22-42-32)24-11-5-3-6-12-24)31(40)37-23-34(17-9-4-10-18-34)30-16-15-26(41-2)21-36-30/h3,5-8,11-16,20-22,35H,4,9-10,17-19,23H2,1-2H3,(H,37,40)(H,38,39)/t33-/m0/s1. The summed E-state index contributed by atoms with van der Waals surface area (Å²) < 4.78 is 11.2. The second kappa shape index (κ2) is 11.7. The average molecular weight is 564 g/mol. The predicted molar refractivity (Wildman–Crippen MR) is 165 cm³/mol. The van der Waals surface area contributed by atoms with Crippen LogP contribution in [0.3, 0.4) is 0 Å². The molecule has 0 spiro atoms. The number of methoxy groups -OCH3 is 1. The summed E-state index contributed by atoms with van der Waals surface area (Å²) in [6.45, 7) is 2.41. The van der Waals surface area contributed by atoms with Crippen LogP contribution in [0.1, 0.15) is 50.3 Å². The number of nitrogens with one attached hydrogen (secondary N) is 3. The molecule has 42 heavy (non-hydrogen) atoms. The van der Waals surface area contributed by atoms with Crippen molar-refractivity contribution < 1.29 is 13.9 Å². The Bertz CT molecular complexity index is 1640. The van der Waals surface area contributed by atoms with E-state index in [-0.39, 0.29) is 11.3 Å². The summed E-state index contributed by atoms with van der Waals surface area (Å²) in [7, 11) is 1.64. The number of carbonyl (C=O) groups is 1. The van der Waals surface area contributed by atoms with Crippen molar-refractivity contribution in [3.8, 4) is 17.0 Å². The Morgan fingerprint density at radius 1 is 1.05 bits per heavy atom. The largest absolute Gasteiger partial charge is 0.495 e. The number of ether oxygens (including phenoxy) is 1. The van der Waals surface area contributed by atoms with E-state index in [4.69, 9.17) is 14.1 Å². The molecule has 1 fully saturated rings. The molecular formula is C34H37N5O3. The molecule has 6 rings (SSSR count). The highest BCUT2D eigenvalue weighted by Crippen LogP contribution is 2.39. The quantitative estimate of drug-likeness (QED) is 0.176. The van der Waals surface area contributed by atoms with Gasteiger partial charge in [-0.2, -0.15) is 4.98 Å². The van der Waals surface area contributed by atoms with Crippen molar-refractivity contribution in [2.24, 2.45) is 0 Å². The number of nitrogens with zero attached hydrogens (tertiary/aromatic N) is 2. The normalized spacial score (nSPS) is 16.0. The molecule has 1 amide bonds. The summed E-state index contributed by atoms with van der Waals surface area (Å²) >= 11 is 0. The van der Waals surface area contributed by atoms with Gasteiger partial charge in [-0.05, 0) is 43.5 Å². The molecule has 216 valence electrons. The van der Waals surface area contributed by atoms with Crippen LogP contribution in [0, 0.1) is 0 Å². The molecule has 0 aliphatic heterocycles. The van der Waals surface area contributed by atoms with Gasteiger partial charge in [0, 0.05) is 46.7 Å². The second-order valence-corrected chi connectivity index (χ2v) is 11.5. The number of rotatable bonds is 10. The maximum absolute atomic E-state index is 14.2. The first-order valence-corrected chi connectivity index (χ1v) is 14.6. The third kappa shape index (κ3) is 5.62. The second-order valence-electron chi connectivity index (χ2n) is 11.5. The number of para-hydroxylation sites is 1. The molecule has 3 N–H and O–H groups in total. The first kappa shape index (κ1) is 27.6. The first-order chi connectivity index (χ1) is 20.5. The van der Waals surface area contributed by atoms with Gasteiger partial charge in [0.05, 0.1) is 13.3 Å². The van der Waals surface area contributed by atoms with Gasteiger partial charge in [-0.3, -0.25) is 9.78 Å². The molecule has 0 radical (unpaired) electrons. The summed E-state index contributed by atoms with van der Waals surface area (Å²) in [4.78, 5) is 27.0. The molecule has 1 atom stereocenters. The van der Waals surface area contributed by atoms with Crippen LogP contribution in [0.2, 0.25) is 0 Å². The van der Waals surface area contributed by atoms with Gasteiger partial charge >= 0.3 is 0 Å². The van der Waals surface area contributed by atoms with Gasteiger partial charge < -0.3 is 24.8 Å². The molecule has 3 heterocycles. The number of carbonyl (C=O) groups excluding carboxylic acids is 1. The van der Waals surface area contributed by atoms with Gasteiger partial charge in [0.2, 0.25) is 5.91 Å². The predicted octanol–water partition coefficient (Wildman–Crippen LogP) is 6.66. The van der Waals surface area contributed by atoms with E-state index in [1.165, 1.54) is 6.42 Å². The Balaban J connectivity index is 1.28. The molecule has 1 aliphatic rings. The molecule has 0 unspecified atom stereocenters. The summed E-state index contributed by atoms with van der Waals surface area (Å²) in [5.74, 6) is 0.607. The smallest absolute Gasteiger partial charge is 0.295 e. The van der Waals surface area contributed by atoms with Crippen LogP contribution in [0.5, 0.6) is 5.75 Å². The molecule has 2 aromatic carbocycles. The first-order valence-electron chi connectivity index (χ1n) is 14.6. The van der Waals surface area contributed by atoms with Crippen LogP contribution in [-0.2, 0) is 16.6 Å². The third-order valence-electron chi connectivity index (χ3n) is 8.59. The number of anilines is 1. The number of amides is 1. The summed E-state index contributed by atoms with van der Waals surface area (Å²) in [5.41, 5.74) is 3.44. The van der Waals surface area contributed by atoms with Gasteiger partial charge in [0.25, 0.3) is 6.01 Å². The van der Waals surface area contributed by atoms with Crippen LogP contribution in [0.15, 0.2) is 89.8 Å². The zero-order valence-electron chi connectivity index (χ0n) is 24.2. The highest BCUT2D eigenvalue weighted by atomic mass is 16.5. The monoisotopic (exact) mass is 563 g/mol.